The van der Waals surface area contributed by atoms with Gasteiger partial charge in [0.15, 0.2) is 5.16 Å². The van der Waals surface area contributed by atoms with Crippen LogP contribution in [0.1, 0.15) is 11.3 Å². The molecule has 0 aliphatic rings. The topological polar surface area (TPSA) is 60.5 Å². The molecule has 0 unspecified atom stereocenters. The zero-order valence-electron chi connectivity index (χ0n) is 15.5. The van der Waals surface area contributed by atoms with Crippen LogP contribution in [0.3, 0.4) is 0 Å². The summed E-state index contributed by atoms with van der Waals surface area (Å²) in [5, 5.41) is 0.794. The van der Waals surface area contributed by atoms with Crippen molar-refractivity contribution >= 4 is 17.7 Å². The number of furan rings is 1. The lowest BCUT2D eigenvalue weighted by Crippen LogP contribution is -2.34. The summed E-state index contributed by atoms with van der Waals surface area (Å²) in [6.45, 7) is 3.49. The Balaban J connectivity index is 1.67. The molecule has 0 radical (unpaired) electrons. The van der Waals surface area contributed by atoms with Gasteiger partial charge in [-0.15, -0.1) is 0 Å². The van der Waals surface area contributed by atoms with Gasteiger partial charge >= 0.3 is 0 Å². The number of thioether (sulfide) groups is 1. The van der Waals surface area contributed by atoms with E-state index in [2.05, 4.69) is 18.0 Å². The first kappa shape index (κ1) is 19.3. The Kier molecular flexibility index (Phi) is 6.73. The fraction of sp³-hybridized carbons (Fsp3) is 0.300. The zero-order valence-corrected chi connectivity index (χ0v) is 16.3. The molecule has 27 heavy (non-hydrogen) atoms. The quantitative estimate of drug-likeness (QED) is 0.527. The van der Waals surface area contributed by atoms with E-state index in [1.165, 1.54) is 11.8 Å². The number of rotatable bonds is 9. The third-order valence-corrected chi connectivity index (χ3v) is 5.10. The minimum absolute atomic E-state index is 0.0211. The van der Waals surface area contributed by atoms with Gasteiger partial charge in [0.25, 0.3) is 0 Å². The summed E-state index contributed by atoms with van der Waals surface area (Å²) in [6.07, 6.45) is 5.29. The first-order valence-electron chi connectivity index (χ1n) is 8.70. The van der Waals surface area contributed by atoms with E-state index in [1.54, 1.807) is 24.5 Å². The van der Waals surface area contributed by atoms with Gasteiger partial charge in [-0.2, -0.15) is 0 Å². The van der Waals surface area contributed by atoms with Gasteiger partial charge in [0, 0.05) is 26.0 Å². The molecule has 1 aromatic carbocycles. The second-order valence-electron chi connectivity index (χ2n) is 6.04. The Morgan fingerprint density at radius 1 is 1.30 bits per heavy atom. The Bertz CT molecular complexity index is 861. The SMILES string of the molecule is COCCN(Cc1ccco1)C(=O)CSc1nccn1-c1ccccc1C. The van der Waals surface area contributed by atoms with Gasteiger partial charge in [0.05, 0.1) is 30.9 Å². The van der Waals surface area contributed by atoms with Crippen LogP contribution in [0.25, 0.3) is 5.69 Å². The minimum atomic E-state index is 0.0211. The molecule has 142 valence electrons. The largest absolute Gasteiger partial charge is 0.467 e. The highest BCUT2D eigenvalue weighted by Gasteiger charge is 2.17. The number of carbonyl (C=O) groups is 1. The molecule has 0 N–H and O–H groups in total. The third-order valence-electron chi connectivity index (χ3n) is 4.15. The van der Waals surface area contributed by atoms with Crippen molar-refractivity contribution in [3.63, 3.8) is 0 Å². The first-order chi connectivity index (χ1) is 13.2. The average Bonchev–Trinajstić information content (AvgIpc) is 3.35. The summed E-state index contributed by atoms with van der Waals surface area (Å²) in [5.41, 5.74) is 2.22. The molecule has 0 aliphatic carbocycles. The average molecular weight is 385 g/mol. The molecule has 0 aliphatic heterocycles. The molecular weight excluding hydrogens is 362 g/mol. The molecule has 0 saturated heterocycles. The fourth-order valence-electron chi connectivity index (χ4n) is 2.72. The van der Waals surface area contributed by atoms with Crippen LogP contribution in [0.2, 0.25) is 0 Å². The monoisotopic (exact) mass is 385 g/mol. The number of imidazole rings is 1. The number of aryl methyl sites for hydroxylation is 1. The molecule has 7 heteroatoms. The number of hydrogen-bond acceptors (Lipinski definition) is 5. The van der Waals surface area contributed by atoms with E-state index in [-0.39, 0.29) is 5.91 Å². The van der Waals surface area contributed by atoms with Crippen molar-refractivity contribution in [3.8, 4) is 5.69 Å². The van der Waals surface area contributed by atoms with Crippen molar-refractivity contribution in [2.24, 2.45) is 0 Å². The normalized spacial score (nSPS) is 10.9. The predicted molar refractivity (Wildman–Crippen MR) is 105 cm³/mol. The van der Waals surface area contributed by atoms with E-state index in [0.29, 0.717) is 25.4 Å². The molecule has 2 heterocycles. The van der Waals surface area contributed by atoms with Crippen LogP contribution >= 0.6 is 11.8 Å². The summed E-state index contributed by atoms with van der Waals surface area (Å²) >= 11 is 1.43. The predicted octanol–water partition coefficient (Wildman–Crippen LogP) is 3.54. The van der Waals surface area contributed by atoms with Crippen molar-refractivity contribution in [3.05, 3.63) is 66.4 Å². The maximum atomic E-state index is 12.8. The molecule has 2 aromatic heterocycles. The number of methoxy groups -OCH3 is 1. The van der Waals surface area contributed by atoms with Crippen LogP contribution in [0.4, 0.5) is 0 Å². The van der Waals surface area contributed by atoms with Crippen molar-refractivity contribution in [2.75, 3.05) is 26.0 Å². The Morgan fingerprint density at radius 2 is 2.15 bits per heavy atom. The zero-order chi connectivity index (χ0) is 19.1. The van der Waals surface area contributed by atoms with Crippen molar-refractivity contribution in [1.29, 1.82) is 0 Å². The van der Waals surface area contributed by atoms with Gasteiger partial charge in [0.1, 0.15) is 5.76 Å². The lowest BCUT2D eigenvalue weighted by atomic mass is 10.2. The fourth-order valence-corrected chi connectivity index (χ4v) is 3.58. The second-order valence-corrected chi connectivity index (χ2v) is 6.98. The maximum Gasteiger partial charge on any atom is 0.233 e. The van der Waals surface area contributed by atoms with Gasteiger partial charge in [-0.05, 0) is 30.7 Å². The smallest absolute Gasteiger partial charge is 0.233 e. The molecule has 3 rings (SSSR count). The molecule has 0 spiro atoms. The second kappa shape index (κ2) is 9.43. The van der Waals surface area contributed by atoms with E-state index in [0.717, 1.165) is 22.2 Å². The van der Waals surface area contributed by atoms with E-state index >= 15 is 0 Å². The van der Waals surface area contributed by atoms with E-state index in [9.17, 15) is 4.79 Å². The van der Waals surface area contributed by atoms with Crippen LogP contribution < -0.4 is 0 Å². The third kappa shape index (κ3) is 5.02. The number of amides is 1. The molecule has 0 bridgehead atoms. The highest BCUT2D eigenvalue weighted by atomic mass is 32.2. The van der Waals surface area contributed by atoms with E-state index < -0.39 is 0 Å². The summed E-state index contributed by atoms with van der Waals surface area (Å²) in [4.78, 5) is 18.9. The summed E-state index contributed by atoms with van der Waals surface area (Å²) < 4.78 is 12.5. The molecule has 1 amide bonds. The van der Waals surface area contributed by atoms with E-state index in [4.69, 9.17) is 9.15 Å². The molecule has 0 atom stereocenters. The van der Waals surface area contributed by atoms with Gasteiger partial charge in [-0.25, -0.2) is 4.98 Å². The van der Waals surface area contributed by atoms with Crippen molar-refractivity contribution in [2.45, 2.75) is 18.6 Å². The Morgan fingerprint density at radius 3 is 2.89 bits per heavy atom. The highest BCUT2D eigenvalue weighted by Crippen LogP contribution is 2.23. The van der Waals surface area contributed by atoms with Crippen LogP contribution in [0.15, 0.2) is 64.6 Å². The van der Waals surface area contributed by atoms with Gasteiger partial charge < -0.3 is 14.1 Å². The number of aromatic nitrogens is 2. The number of ether oxygens (including phenoxy) is 1. The van der Waals surface area contributed by atoms with Crippen LogP contribution in [-0.2, 0) is 16.1 Å². The molecule has 0 saturated carbocycles. The first-order valence-corrected chi connectivity index (χ1v) is 9.69. The van der Waals surface area contributed by atoms with Gasteiger partial charge in [0.2, 0.25) is 5.91 Å². The molecule has 0 fully saturated rings. The van der Waals surface area contributed by atoms with Crippen LogP contribution in [0.5, 0.6) is 0 Å². The van der Waals surface area contributed by atoms with Crippen molar-refractivity contribution < 1.29 is 13.9 Å². The Labute approximate surface area is 163 Å². The van der Waals surface area contributed by atoms with E-state index in [1.807, 2.05) is 41.1 Å². The highest BCUT2D eigenvalue weighted by molar-refractivity contribution is 7.99. The minimum Gasteiger partial charge on any atom is -0.467 e. The number of para-hydroxylation sites is 1. The lowest BCUT2D eigenvalue weighted by Gasteiger charge is -2.21. The van der Waals surface area contributed by atoms with Gasteiger partial charge in [-0.1, -0.05) is 30.0 Å². The standard InChI is InChI=1S/C20H23N3O3S/c1-16-6-3-4-8-18(16)23-10-9-21-20(23)27-15-19(24)22(11-13-25-2)14-17-7-5-12-26-17/h3-10,12H,11,13-15H2,1-2H3. The Hall–Kier alpha value is -2.51. The van der Waals surface area contributed by atoms with Crippen molar-refractivity contribution in [1.82, 2.24) is 14.5 Å². The lowest BCUT2D eigenvalue weighted by molar-refractivity contribution is -0.129. The van der Waals surface area contributed by atoms with Crippen LogP contribution in [0, 0.1) is 6.92 Å². The maximum absolute atomic E-state index is 12.8. The molecule has 3 aromatic rings. The summed E-state index contributed by atoms with van der Waals surface area (Å²) in [7, 11) is 1.63. The molecule has 6 nitrogen and oxygen atoms in total. The number of hydrogen-bond donors (Lipinski definition) is 0. The summed E-state index contributed by atoms with van der Waals surface area (Å²) in [6, 6.07) is 11.8. The van der Waals surface area contributed by atoms with Crippen LogP contribution in [-0.4, -0.2) is 46.4 Å². The molecular formula is C20H23N3O3S. The van der Waals surface area contributed by atoms with Gasteiger partial charge in [-0.3, -0.25) is 9.36 Å². The summed E-state index contributed by atoms with van der Waals surface area (Å²) in [5.74, 6) is 1.08. The number of carbonyl (C=O) groups excluding carboxylic acids is 1. The number of nitrogens with zero attached hydrogens (tertiary/aromatic N) is 3. The number of benzene rings is 1.